The average molecular weight is 248 g/mol. The summed E-state index contributed by atoms with van der Waals surface area (Å²) in [5.74, 6) is 0.00161. The van der Waals surface area contributed by atoms with Gasteiger partial charge in [0.05, 0.1) is 25.2 Å². The van der Waals surface area contributed by atoms with Crippen LogP contribution < -0.4 is 5.32 Å². The van der Waals surface area contributed by atoms with E-state index < -0.39 is 9.84 Å². The molecular formula is C9H16N2O4S. The van der Waals surface area contributed by atoms with Crippen LogP contribution in [0.2, 0.25) is 0 Å². The Labute approximate surface area is 94.9 Å². The fraction of sp³-hybridized carbons (Fsp3) is 0.889. The lowest BCUT2D eigenvalue weighted by Crippen LogP contribution is -2.58. The van der Waals surface area contributed by atoms with E-state index in [1.54, 1.807) is 0 Å². The smallest absolute Gasteiger partial charge is 0.319 e. The van der Waals surface area contributed by atoms with E-state index in [0.717, 1.165) is 0 Å². The standard InChI is InChI=1S/C9H16N2O4S/c1-15-9(12)4-11-3-2-10-7-5-16(13,14)6-8(7)11/h7-8,10H,2-6H2,1H3. The van der Waals surface area contributed by atoms with E-state index in [0.29, 0.717) is 13.1 Å². The lowest BCUT2D eigenvalue weighted by molar-refractivity contribution is -0.142. The van der Waals surface area contributed by atoms with Crippen molar-refractivity contribution >= 4 is 15.8 Å². The fourth-order valence-electron chi connectivity index (χ4n) is 2.37. The van der Waals surface area contributed by atoms with Gasteiger partial charge in [0.1, 0.15) is 0 Å². The van der Waals surface area contributed by atoms with Gasteiger partial charge in [-0.05, 0) is 0 Å². The van der Waals surface area contributed by atoms with Crippen LogP contribution in [0.5, 0.6) is 0 Å². The number of methoxy groups -OCH3 is 1. The zero-order chi connectivity index (χ0) is 11.8. The summed E-state index contributed by atoms with van der Waals surface area (Å²) in [5, 5.41) is 3.18. The van der Waals surface area contributed by atoms with Crippen molar-refractivity contribution in [2.75, 3.05) is 38.2 Å². The van der Waals surface area contributed by atoms with Gasteiger partial charge < -0.3 is 10.1 Å². The van der Waals surface area contributed by atoms with E-state index in [1.807, 2.05) is 4.90 Å². The molecule has 2 fully saturated rings. The van der Waals surface area contributed by atoms with Gasteiger partial charge in [-0.15, -0.1) is 0 Å². The Bertz CT molecular complexity index is 381. The van der Waals surface area contributed by atoms with Crippen LogP contribution in [-0.4, -0.2) is 69.6 Å². The van der Waals surface area contributed by atoms with E-state index in [1.165, 1.54) is 7.11 Å². The molecule has 92 valence electrons. The highest BCUT2D eigenvalue weighted by atomic mass is 32.2. The van der Waals surface area contributed by atoms with E-state index in [2.05, 4.69) is 10.1 Å². The highest BCUT2D eigenvalue weighted by Gasteiger charge is 2.43. The molecule has 2 rings (SSSR count). The number of hydrogen-bond donors (Lipinski definition) is 1. The third-order valence-corrected chi connectivity index (χ3v) is 4.87. The summed E-state index contributed by atoms with van der Waals surface area (Å²) in [7, 11) is -1.62. The van der Waals surface area contributed by atoms with Crippen molar-refractivity contribution in [3.8, 4) is 0 Å². The summed E-state index contributed by atoms with van der Waals surface area (Å²) < 4.78 is 27.6. The Kier molecular flexibility index (Phi) is 3.18. The van der Waals surface area contributed by atoms with Gasteiger partial charge in [0.25, 0.3) is 0 Å². The predicted molar refractivity (Wildman–Crippen MR) is 57.8 cm³/mol. The third-order valence-electron chi connectivity index (χ3n) is 3.16. The number of nitrogens with zero attached hydrogens (tertiary/aromatic N) is 1. The number of fused-ring (bicyclic) bond motifs is 1. The molecule has 0 spiro atoms. The van der Waals surface area contributed by atoms with Crippen LogP contribution >= 0.6 is 0 Å². The van der Waals surface area contributed by atoms with Crippen molar-refractivity contribution in [1.29, 1.82) is 0 Å². The quantitative estimate of drug-likeness (QED) is 0.583. The first-order chi connectivity index (χ1) is 7.52. The second-order valence-corrected chi connectivity index (χ2v) is 6.41. The summed E-state index contributed by atoms with van der Waals surface area (Å²) in [6.45, 7) is 1.58. The molecule has 2 aliphatic heterocycles. The summed E-state index contributed by atoms with van der Waals surface area (Å²) >= 11 is 0. The van der Waals surface area contributed by atoms with Crippen LogP contribution in [0.1, 0.15) is 0 Å². The molecule has 0 radical (unpaired) electrons. The van der Waals surface area contributed by atoms with Crippen molar-refractivity contribution < 1.29 is 17.9 Å². The first-order valence-corrected chi connectivity index (χ1v) is 7.08. The zero-order valence-electron chi connectivity index (χ0n) is 9.18. The maximum absolute atomic E-state index is 11.5. The monoisotopic (exact) mass is 248 g/mol. The SMILES string of the molecule is COC(=O)CN1CCNC2CS(=O)(=O)CC21. The van der Waals surface area contributed by atoms with Gasteiger partial charge in [-0.2, -0.15) is 0 Å². The lowest BCUT2D eigenvalue weighted by atomic mass is 10.1. The van der Waals surface area contributed by atoms with Crippen LogP contribution in [0.4, 0.5) is 0 Å². The van der Waals surface area contributed by atoms with Crippen LogP contribution in [0.25, 0.3) is 0 Å². The topological polar surface area (TPSA) is 75.7 Å². The van der Waals surface area contributed by atoms with E-state index in [4.69, 9.17) is 0 Å². The molecule has 0 aromatic rings. The Morgan fingerprint density at radius 2 is 2.25 bits per heavy atom. The van der Waals surface area contributed by atoms with Gasteiger partial charge in [0.15, 0.2) is 9.84 Å². The number of carbonyl (C=O) groups excluding carboxylic acids is 1. The molecule has 2 unspecified atom stereocenters. The second-order valence-electron chi connectivity index (χ2n) is 4.25. The third kappa shape index (κ3) is 2.36. The first kappa shape index (κ1) is 11.8. The molecule has 1 N–H and O–H groups in total. The van der Waals surface area contributed by atoms with E-state index in [-0.39, 0.29) is 36.1 Å². The number of piperazine rings is 1. The van der Waals surface area contributed by atoms with Gasteiger partial charge in [-0.1, -0.05) is 0 Å². The molecule has 2 heterocycles. The molecule has 2 saturated heterocycles. The minimum Gasteiger partial charge on any atom is -0.468 e. The van der Waals surface area contributed by atoms with Gasteiger partial charge in [0.2, 0.25) is 0 Å². The number of hydrogen-bond acceptors (Lipinski definition) is 6. The number of sulfone groups is 1. The van der Waals surface area contributed by atoms with Gasteiger partial charge >= 0.3 is 5.97 Å². The number of ether oxygens (including phenoxy) is 1. The minimum atomic E-state index is -2.96. The van der Waals surface area contributed by atoms with Crippen molar-refractivity contribution in [3.05, 3.63) is 0 Å². The van der Waals surface area contributed by atoms with Gasteiger partial charge in [-0.3, -0.25) is 9.69 Å². The highest BCUT2D eigenvalue weighted by molar-refractivity contribution is 7.91. The van der Waals surface area contributed by atoms with Crippen molar-refractivity contribution in [1.82, 2.24) is 10.2 Å². The lowest BCUT2D eigenvalue weighted by Gasteiger charge is -2.36. The summed E-state index contributed by atoms with van der Waals surface area (Å²) in [6.07, 6.45) is 0. The van der Waals surface area contributed by atoms with Crippen molar-refractivity contribution in [3.63, 3.8) is 0 Å². The summed E-state index contributed by atoms with van der Waals surface area (Å²) in [5.41, 5.74) is 0. The Balaban J connectivity index is 2.07. The van der Waals surface area contributed by atoms with Gasteiger partial charge in [0, 0.05) is 25.2 Å². The molecule has 2 atom stereocenters. The molecule has 0 bridgehead atoms. The van der Waals surface area contributed by atoms with Crippen LogP contribution in [-0.2, 0) is 19.4 Å². The predicted octanol–water partition coefficient (Wildman–Crippen LogP) is -1.77. The van der Waals surface area contributed by atoms with E-state index in [9.17, 15) is 13.2 Å². The summed E-state index contributed by atoms with van der Waals surface area (Å²) in [4.78, 5) is 13.1. The summed E-state index contributed by atoms with van der Waals surface area (Å²) in [6, 6.07) is -0.124. The maximum Gasteiger partial charge on any atom is 0.319 e. The van der Waals surface area contributed by atoms with Gasteiger partial charge in [-0.25, -0.2) is 8.42 Å². The Morgan fingerprint density at radius 3 is 2.94 bits per heavy atom. The van der Waals surface area contributed by atoms with Crippen LogP contribution in [0, 0.1) is 0 Å². The molecule has 0 saturated carbocycles. The molecule has 0 aliphatic carbocycles. The molecule has 0 aromatic heterocycles. The largest absolute Gasteiger partial charge is 0.468 e. The van der Waals surface area contributed by atoms with Crippen LogP contribution in [0.15, 0.2) is 0 Å². The normalized spacial score (nSPS) is 33.3. The van der Waals surface area contributed by atoms with Crippen molar-refractivity contribution in [2.45, 2.75) is 12.1 Å². The Hall–Kier alpha value is -0.660. The molecule has 0 amide bonds. The van der Waals surface area contributed by atoms with E-state index >= 15 is 0 Å². The molecule has 0 aromatic carbocycles. The fourth-order valence-corrected chi connectivity index (χ4v) is 4.36. The minimum absolute atomic E-state index is 0.0385. The zero-order valence-corrected chi connectivity index (χ0v) is 10.00. The number of nitrogens with one attached hydrogen (secondary N) is 1. The molecule has 6 nitrogen and oxygen atoms in total. The number of esters is 1. The molecule has 16 heavy (non-hydrogen) atoms. The molecule has 2 aliphatic rings. The molecular weight excluding hydrogens is 232 g/mol. The second kappa shape index (κ2) is 4.31. The van der Waals surface area contributed by atoms with Crippen molar-refractivity contribution in [2.24, 2.45) is 0 Å². The first-order valence-electron chi connectivity index (χ1n) is 5.26. The number of rotatable bonds is 2. The average Bonchev–Trinajstić information content (AvgIpc) is 2.53. The highest BCUT2D eigenvalue weighted by Crippen LogP contribution is 2.20. The maximum atomic E-state index is 11.5. The van der Waals surface area contributed by atoms with Crippen LogP contribution in [0.3, 0.4) is 0 Å². The molecule has 7 heteroatoms. The number of carbonyl (C=O) groups is 1. The Morgan fingerprint density at radius 1 is 1.50 bits per heavy atom.